The second kappa shape index (κ2) is 6.40. The topological polar surface area (TPSA) is 50.4 Å². The summed E-state index contributed by atoms with van der Waals surface area (Å²) in [6, 6.07) is 7.93. The maximum Gasteiger partial charge on any atom is 0.251 e. The van der Waals surface area contributed by atoms with Crippen LogP contribution in [0.3, 0.4) is 0 Å². The van der Waals surface area contributed by atoms with Crippen LogP contribution in [0.4, 0.5) is 0 Å². The Morgan fingerprint density at radius 3 is 2.94 bits per heavy atom. The summed E-state index contributed by atoms with van der Waals surface area (Å²) >= 11 is 0. The van der Waals surface area contributed by atoms with Crippen LogP contribution in [0.25, 0.3) is 0 Å². The summed E-state index contributed by atoms with van der Waals surface area (Å²) in [6.07, 6.45) is 3.57. The lowest BCUT2D eigenvalue weighted by atomic mass is 10.2. The molecule has 2 rings (SSSR count). The van der Waals surface area contributed by atoms with Gasteiger partial charge in [0.1, 0.15) is 5.75 Å². The molecule has 0 atom stereocenters. The minimum Gasteiger partial charge on any atom is -0.497 e. The number of nitrogens with one attached hydrogen (secondary N) is 2. The lowest BCUT2D eigenvalue weighted by molar-refractivity contribution is 0.0953. The van der Waals surface area contributed by atoms with Gasteiger partial charge in [0.2, 0.25) is 0 Å². The van der Waals surface area contributed by atoms with Crippen molar-refractivity contribution >= 4 is 5.91 Å². The summed E-state index contributed by atoms with van der Waals surface area (Å²) in [7, 11) is 1.60. The molecule has 0 radical (unpaired) electrons. The molecular formula is C14H20N2O2. The average molecular weight is 248 g/mol. The fourth-order valence-corrected chi connectivity index (χ4v) is 1.75. The first kappa shape index (κ1) is 12.9. The van der Waals surface area contributed by atoms with Gasteiger partial charge in [-0.3, -0.25) is 4.79 Å². The largest absolute Gasteiger partial charge is 0.497 e. The summed E-state index contributed by atoms with van der Waals surface area (Å²) in [5.41, 5.74) is 0.643. The van der Waals surface area contributed by atoms with Crippen LogP contribution in [0.5, 0.6) is 5.75 Å². The van der Waals surface area contributed by atoms with E-state index in [1.807, 2.05) is 12.1 Å². The molecule has 0 saturated heterocycles. The normalized spacial score (nSPS) is 14.3. The SMILES string of the molecule is COc1cccc(C(=O)NCCCNC2CC2)c1. The van der Waals surface area contributed by atoms with Crippen molar-refractivity contribution in [2.45, 2.75) is 25.3 Å². The molecule has 1 aliphatic carbocycles. The van der Waals surface area contributed by atoms with Gasteiger partial charge >= 0.3 is 0 Å². The second-order valence-corrected chi connectivity index (χ2v) is 4.57. The zero-order valence-electron chi connectivity index (χ0n) is 10.7. The van der Waals surface area contributed by atoms with Crippen molar-refractivity contribution < 1.29 is 9.53 Å². The van der Waals surface area contributed by atoms with E-state index in [0.717, 1.165) is 19.0 Å². The number of methoxy groups -OCH3 is 1. The van der Waals surface area contributed by atoms with E-state index in [4.69, 9.17) is 4.74 Å². The second-order valence-electron chi connectivity index (χ2n) is 4.57. The van der Waals surface area contributed by atoms with Crippen molar-refractivity contribution in [3.8, 4) is 5.75 Å². The van der Waals surface area contributed by atoms with Gasteiger partial charge in [-0.2, -0.15) is 0 Å². The Balaban J connectivity index is 1.69. The minimum atomic E-state index is -0.0414. The quantitative estimate of drug-likeness (QED) is 0.720. The molecular weight excluding hydrogens is 228 g/mol. The van der Waals surface area contributed by atoms with Crippen LogP contribution in [-0.4, -0.2) is 32.1 Å². The van der Waals surface area contributed by atoms with Crippen LogP contribution in [0.1, 0.15) is 29.6 Å². The number of carbonyl (C=O) groups excluding carboxylic acids is 1. The Morgan fingerprint density at radius 1 is 1.39 bits per heavy atom. The van der Waals surface area contributed by atoms with Crippen molar-refractivity contribution in [3.05, 3.63) is 29.8 Å². The molecule has 1 aromatic rings. The molecule has 98 valence electrons. The predicted octanol–water partition coefficient (Wildman–Crippen LogP) is 1.57. The molecule has 0 bridgehead atoms. The van der Waals surface area contributed by atoms with Gasteiger partial charge in [-0.25, -0.2) is 0 Å². The Hall–Kier alpha value is -1.55. The lowest BCUT2D eigenvalue weighted by Crippen LogP contribution is -2.27. The lowest BCUT2D eigenvalue weighted by Gasteiger charge is -2.07. The number of carbonyl (C=O) groups is 1. The van der Waals surface area contributed by atoms with Gasteiger partial charge < -0.3 is 15.4 Å². The first-order chi connectivity index (χ1) is 8.79. The van der Waals surface area contributed by atoms with Gasteiger partial charge in [0, 0.05) is 18.2 Å². The van der Waals surface area contributed by atoms with E-state index < -0.39 is 0 Å². The molecule has 4 heteroatoms. The fourth-order valence-electron chi connectivity index (χ4n) is 1.75. The van der Waals surface area contributed by atoms with Crippen molar-refractivity contribution in [1.82, 2.24) is 10.6 Å². The number of ether oxygens (including phenoxy) is 1. The van der Waals surface area contributed by atoms with E-state index >= 15 is 0 Å². The average Bonchev–Trinajstić information content (AvgIpc) is 3.22. The monoisotopic (exact) mass is 248 g/mol. The first-order valence-corrected chi connectivity index (χ1v) is 6.45. The molecule has 4 nitrogen and oxygen atoms in total. The van der Waals surface area contributed by atoms with Gasteiger partial charge in [-0.15, -0.1) is 0 Å². The van der Waals surface area contributed by atoms with Crippen molar-refractivity contribution in [2.24, 2.45) is 0 Å². The maximum atomic E-state index is 11.8. The summed E-state index contributed by atoms with van der Waals surface area (Å²) in [6.45, 7) is 1.68. The molecule has 1 aliphatic rings. The van der Waals surface area contributed by atoms with Gasteiger partial charge in [0.15, 0.2) is 0 Å². The number of rotatable bonds is 7. The van der Waals surface area contributed by atoms with Gasteiger partial charge in [-0.1, -0.05) is 6.07 Å². The molecule has 1 fully saturated rings. The molecule has 0 heterocycles. The van der Waals surface area contributed by atoms with Crippen LogP contribution in [0, 0.1) is 0 Å². The van der Waals surface area contributed by atoms with Crippen LogP contribution < -0.4 is 15.4 Å². The summed E-state index contributed by atoms with van der Waals surface area (Å²) in [5, 5.41) is 6.33. The smallest absolute Gasteiger partial charge is 0.251 e. The van der Waals surface area contributed by atoms with Gasteiger partial charge in [-0.05, 0) is 44.0 Å². The van der Waals surface area contributed by atoms with Crippen molar-refractivity contribution in [1.29, 1.82) is 0 Å². The molecule has 0 spiro atoms. The number of hydrogen-bond donors (Lipinski definition) is 2. The Labute approximate surface area is 108 Å². The molecule has 0 aromatic heterocycles. The highest BCUT2D eigenvalue weighted by Crippen LogP contribution is 2.18. The van der Waals surface area contributed by atoms with Crippen LogP contribution in [-0.2, 0) is 0 Å². The van der Waals surface area contributed by atoms with Crippen LogP contribution in [0.2, 0.25) is 0 Å². The van der Waals surface area contributed by atoms with Gasteiger partial charge in [0.25, 0.3) is 5.91 Å². The molecule has 1 saturated carbocycles. The molecule has 1 aromatic carbocycles. The van der Waals surface area contributed by atoms with E-state index in [1.165, 1.54) is 12.8 Å². The van der Waals surface area contributed by atoms with E-state index in [9.17, 15) is 4.79 Å². The van der Waals surface area contributed by atoms with E-state index in [0.29, 0.717) is 17.9 Å². The predicted molar refractivity (Wildman–Crippen MR) is 71.0 cm³/mol. The fraction of sp³-hybridized carbons (Fsp3) is 0.500. The third kappa shape index (κ3) is 4.04. The molecule has 0 aliphatic heterocycles. The van der Waals surface area contributed by atoms with Gasteiger partial charge in [0.05, 0.1) is 7.11 Å². The molecule has 2 N–H and O–H groups in total. The minimum absolute atomic E-state index is 0.0414. The Morgan fingerprint density at radius 2 is 2.22 bits per heavy atom. The summed E-state index contributed by atoms with van der Waals surface area (Å²) < 4.78 is 5.09. The third-order valence-electron chi connectivity index (χ3n) is 2.98. The Bertz CT molecular complexity index is 403. The van der Waals surface area contributed by atoms with E-state index in [2.05, 4.69) is 10.6 Å². The van der Waals surface area contributed by atoms with E-state index in [-0.39, 0.29) is 5.91 Å². The number of amides is 1. The molecule has 0 unspecified atom stereocenters. The van der Waals surface area contributed by atoms with Crippen LogP contribution >= 0.6 is 0 Å². The number of benzene rings is 1. The maximum absolute atomic E-state index is 11.8. The highest BCUT2D eigenvalue weighted by Gasteiger charge is 2.19. The zero-order chi connectivity index (χ0) is 12.8. The van der Waals surface area contributed by atoms with E-state index in [1.54, 1.807) is 19.2 Å². The zero-order valence-corrected chi connectivity index (χ0v) is 10.7. The summed E-state index contributed by atoms with van der Waals surface area (Å²) in [4.78, 5) is 11.8. The highest BCUT2D eigenvalue weighted by atomic mass is 16.5. The summed E-state index contributed by atoms with van der Waals surface area (Å²) in [5.74, 6) is 0.665. The number of hydrogen-bond acceptors (Lipinski definition) is 3. The Kier molecular flexibility index (Phi) is 4.59. The molecule has 1 amide bonds. The highest BCUT2D eigenvalue weighted by molar-refractivity contribution is 5.94. The van der Waals surface area contributed by atoms with Crippen molar-refractivity contribution in [2.75, 3.05) is 20.2 Å². The standard InChI is InChI=1S/C14H20N2O2/c1-18-13-5-2-4-11(10-13)14(17)16-9-3-8-15-12-6-7-12/h2,4-5,10,12,15H,3,6-9H2,1H3,(H,16,17). The molecule has 18 heavy (non-hydrogen) atoms. The van der Waals surface area contributed by atoms with Crippen molar-refractivity contribution in [3.63, 3.8) is 0 Å². The third-order valence-corrected chi connectivity index (χ3v) is 2.98. The van der Waals surface area contributed by atoms with Crippen LogP contribution in [0.15, 0.2) is 24.3 Å². The first-order valence-electron chi connectivity index (χ1n) is 6.45.